The van der Waals surface area contributed by atoms with Gasteiger partial charge in [-0.3, -0.25) is 4.90 Å². The number of benzene rings is 1. The van der Waals surface area contributed by atoms with Crippen molar-refractivity contribution in [2.24, 2.45) is 0 Å². The average Bonchev–Trinajstić information content (AvgIpc) is 2.48. The summed E-state index contributed by atoms with van der Waals surface area (Å²) in [5, 5.41) is 3.56. The molecule has 1 aliphatic rings. The molecule has 1 heterocycles. The Labute approximate surface area is 116 Å². The highest BCUT2D eigenvalue weighted by atomic mass is 16.5. The van der Waals surface area contributed by atoms with Crippen molar-refractivity contribution >= 4 is 0 Å². The van der Waals surface area contributed by atoms with Crippen molar-refractivity contribution in [2.75, 3.05) is 26.7 Å². The van der Waals surface area contributed by atoms with Crippen LogP contribution < -0.4 is 10.1 Å². The second-order valence-electron chi connectivity index (χ2n) is 5.32. The van der Waals surface area contributed by atoms with Crippen LogP contribution in [0.1, 0.15) is 38.3 Å². The fraction of sp³-hybridized carbons (Fsp3) is 0.625. The van der Waals surface area contributed by atoms with E-state index < -0.39 is 0 Å². The van der Waals surface area contributed by atoms with Gasteiger partial charge in [-0.2, -0.15) is 0 Å². The fourth-order valence-corrected chi connectivity index (χ4v) is 2.87. The molecule has 1 aromatic rings. The topological polar surface area (TPSA) is 24.5 Å². The summed E-state index contributed by atoms with van der Waals surface area (Å²) in [5.74, 6) is 0.932. The third-order valence-electron chi connectivity index (χ3n) is 4.17. The first-order valence-electron chi connectivity index (χ1n) is 7.36. The van der Waals surface area contributed by atoms with E-state index in [1.54, 1.807) is 7.11 Å². The summed E-state index contributed by atoms with van der Waals surface area (Å²) in [6.07, 6.45) is 2.52. The Morgan fingerprint density at radius 1 is 1.26 bits per heavy atom. The molecule has 1 fully saturated rings. The molecule has 1 N–H and O–H groups in total. The SMILES string of the molecule is CCNC1CCN(C(C)c2ccc(OC)cc2)CC1. The van der Waals surface area contributed by atoms with Gasteiger partial charge in [-0.1, -0.05) is 19.1 Å². The maximum absolute atomic E-state index is 5.21. The van der Waals surface area contributed by atoms with Gasteiger partial charge in [0.1, 0.15) is 5.75 Å². The summed E-state index contributed by atoms with van der Waals surface area (Å²) in [4.78, 5) is 2.58. The summed E-state index contributed by atoms with van der Waals surface area (Å²) >= 11 is 0. The van der Waals surface area contributed by atoms with E-state index in [0.29, 0.717) is 12.1 Å². The van der Waals surface area contributed by atoms with Crippen molar-refractivity contribution in [2.45, 2.75) is 38.8 Å². The number of nitrogens with zero attached hydrogens (tertiary/aromatic N) is 1. The van der Waals surface area contributed by atoms with Crippen LogP contribution in [0, 0.1) is 0 Å². The molecule has 0 bridgehead atoms. The van der Waals surface area contributed by atoms with E-state index in [0.717, 1.165) is 12.3 Å². The average molecular weight is 262 g/mol. The van der Waals surface area contributed by atoms with Gasteiger partial charge >= 0.3 is 0 Å². The maximum Gasteiger partial charge on any atom is 0.118 e. The van der Waals surface area contributed by atoms with E-state index in [1.807, 2.05) is 0 Å². The molecule has 1 aromatic carbocycles. The minimum absolute atomic E-state index is 0.494. The first-order chi connectivity index (χ1) is 9.24. The van der Waals surface area contributed by atoms with Crippen LogP contribution in [0.25, 0.3) is 0 Å². The molecule has 0 radical (unpaired) electrons. The molecule has 0 aliphatic carbocycles. The zero-order valence-electron chi connectivity index (χ0n) is 12.4. The molecule has 1 unspecified atom stereocenters. The van der Waals surface area contributed by atoms with E-state index in [1.165, 1.54) is 31.5 Å². The van der Waals surface area contributed by atoms with Crippen molar-refractivity contribution in [3.63, 3.8) is 0 Å². The van der Waals surface area contributed by atoms with Crippen LogP contribution in [0.5, 0.6) is 5.75 Å². The summed E-state index contributed by atoms with van der Waals surface area (Å²) in [7, 11) is 1.71. The molecule has 19 heavy (non-hydrogen) atoms. The van der Waals surface area contributed by atoms with Crippen LogP contribution in [0.3, 0.4) is 0 Å². The first kappa shape index (κ1) is 14.4. The van der Waals surface area contributed by atoms with Gasteiger partial charge in [0.15, 0.2) is 0 Å². The third-order valence-corrected chi connectivity index (χ3v) is 4.17. The van der Waals surface area contributed by atoms with Crippen LogP contribution in [0.4, 0.5) is 0 Å². The van der Waals surface area contributed by atoms with Gasteiger partial charge < -0.3 is 10.1 Å². The number of likely N-dealkylation sites (tertiary alicyclic amines) is 1. The zero-order chi connectivity index (χ0) is 13.7. The molecular weight excluding hydrogens is 236 g/mol. The predicted octanol–water partition coefficient (Wildman–Crippen LogP) is 2.83. The molecule has 106 valence electrons. The number of hydrogen-bond donors (Lipinski definition) is 1. The van der Waals surface area contributed by atoms with Crippen molar-refractivity contribution in [1.82, 2.24) is 10.2 Å². The molecule has 1 atom stereocenters. The highest BCUT2D eigenvalue weighted by molar-refractivity contribution is 5.28. The molecule has 3 nitrogen and oxygen atoms in total. The van der Waals surface area contributed by atoms with Gasteiger partial charge in [0.25, 0.3) is 0 Å². The van der Waals surface area contributed by atoms with Crippen LogP contribution in [-0.4, -0.2) is 37.7 Å². The maximum atomic E-state index is 5.21. The number of piperidine rings is 1. The van der Waals surface area contributed by atoms with Crippen LogP contribution in [0.2, 0.25) is 0 Å². The predicted molar refractivity (Wildman–Crippen MR) is 79.7 cm³/mol. The third kappa shape index (κ3) is 3.71. The van der Waals surface area contributed by atoms with Gasteiger partial charge in [0.2, 0.25) is 0 Å². The van der Waals surface area contributed by atoms with Crippen molar-refractivity contribution in [3.05, 3.63) is 29.8 Å². The van der Waals surface area contributed by atoms with E-state index in [-0.39, 0.29) is 0 Å². The lowest BCUT2D eigenvalue weighted by Crippen LogP contribution is -2.43. The van der Waals surface area contributed by atoms with Crippen molar-refractivity contribution in [1.29, 1.82) is 0 Å². The lowest BCUT2D eigenvalue weighted by atomic mass is 10.00. The lowest BCUT2D eigenvalue weighted by molar-refractivity contribution is 0.153. The van der Waals surface area contributed by atoms with E-state index in [4.69, 9.17) is 4.74 Å². The second kappa shape index (κ2) is 6.92. The number of ether oxygens (including phenoxy) is 1. The van der Waals surface area contributed by atoms with Gasteiger partial charge in [0, 0.05) is 25.2 Å². The van der Waals surface area contributed by atoms with E-state index in [2.05, 4.69) is 48.3 Å². The Balaban J connectivity index is 1.91. The fourth-order valence-electron chi connectivity index (χ4n) is 2.87. The molecule has 3 heteroatoms. The normalized spacial score (nSPS) is 19.3. The monoisotopic (exact) mass is 262 g/mol. The highest BCUT2D eigenvalue weighted by Crippen LogP contribution is 2.25. The number of hydrogen-bond acceptors (Lipinski definition) is 3. The Morgan fingerprint density at radius 3 is 2.42 bits per heavy atom. The Bertz CT molecular complexity index is 369. The first-order valence-corrected chi connectivity index (χ1v) is 7.36. The minimum Gasteiger partial charge on any atom is -0.497 e. The molecule has 0 amide bonds. The quantitative estimate of drug-likeness (QED) is 0.883. The number of nitrogens with one attached hydrogen (secondary N) is 1. The van der Waals surface area contributed by atoms with E-state index in [9.17, 15) is 0 Å². The standard InChI is InChI=1S/C16H26N2O/c1-4-17-15-9-11-18(12-10-15)13(2)14-5-7-16(19-3)8-6-14/h5-8,13,15,17H,4,9-12H2,1-3H3. The second-order valence-corrected chi connectivity index (χ2v) is 5.32. The van der Waals surface area contributed by atoms with Gasteiger partial charge in [0.05, 0.1) is 7.11 Å². The van der Waals surface area contributed by atoms with Crippen molar-refractivity contribution in [3.8, 4) is 5.75 Å². The van der Waals surface area contributed by atoms with Crippen LogP contribution in [0.15, 0.2) is 24.3 Å². The van der Waals surface area contributed by atoms with Gasteiger partial charge in [-0.15, -0.1) is 0 Å². The molecule has 0 aromatic heterocycles. The summed E-state index contributed by atoms with van der Waals surface area (Å²) in [6, 6.07) is 9.67. The Kier molecular flexibility index (Phi) is 5.23. The van der Waals surface area contributed by atoms with Crippen LogP contribution >= 0.6 is 0 Å². The lowest BCUT2D eigenvalue weighted by Gasteiger charge is -2.36. The zero-order valence-corrected chi connectivity index (χ0v) is 12.4. The number of methoxy groups -OCH3 is 1. The summed E-state index contributed by atoms with van der Waals surface area (Å²) in [6.45, 7) is 7.94. The molecule has 0 saturated carbocycles. The smallest absolute Gasteiger partial charge is 0.118 e. The number of rotatable bonds is 5. The molecule has 2 rings (SSSR count). The molecular formula is C16H26N2O. The summed E-state index contributed by atoms with van der Waals surface area (Å²) < 4.78 is 5.21. The Hall–Kier alpha value is -1.06. The Morgan fingerprint density at radius 2 is 1.89 bits per heavy atom. The molecule has 1 saturated heterocycles. The molecule has 0 spiro atoms. The summed E-state index contributed by atoms with van der Waals surface area (Å²) in [5.41, 5.74) is 1.38. The largest absolute Gasteiger partial charge is 0.497 e. The van der Waals surface area contributed by atoms with Gasteiger partial charge in [-0.05, 0) is 44.0 Å². The molecule has 1 aliphatic heterocycles. The van der Waals surface area contributed by atoms with E-state index >= 15 is 0 Å². The minimum atomic E-state index is 0.494. The van der Waals surface area contributed by atoms with Gasteiger partial charge in [-0.25, -0.2) is 0 Å². The highest BCUT2D eigenvalue weighted by Gasteiger charge is 2.22. The van der Waals surface area contributed by atoms with Crippen LogP contribution in [-0.2, 0) is 0 Å². The van der Waals surface area contributed by atoms with Crippen molar-refractivity contribution < 1.29 is 4.74 Å².